The van der Waals surface area contributed by atoms with Crippen molar-refractivity contribution in [3.05, 3.63) is 74.3 Å². The number of esters is 1. The number of nitrogens with one attached hydrogen (secondary N) is 1. The molecular weight excluding hydrogens is 383 g/mol. The van der Waals surface area contributed by atoms with Gasteiger partial charge in [-0.1, -0.05) is 35.3 Å². The summed E-state index contributed by atoms with van der Waals surface area (Å²) >= 11 is 11.6. The van der Waals surface area contributed by atoms with Gasteiger partial charge in [-0.2, -0.15) is 0 Å². The van der Waals surface area contributed by atoms with E-state index in [1.807, 2.05) is 0 Å². The summed E-state index contributed by atoms with van der Waals surface area (Å²) in [7, 11) is 0. The van der Waals surface area contributed by atoms with Crippen molar-refractivity contribution in [2.45, 2.75) is 0 Å². The molecule has 0 spiro atoms. The van der Waals surface area contributed by atoms with Gasteiger partial charge in [0.2, 0.25) is 0 Å². The molecule has 2 rings (SSSR count). The maximum Gasteiger partial charge on any atom is 0.331 e. The van der Waals surface area contributed by atoms with Crippen LogP contribution in [-0.4, -0.2) is 23.4 Å². The van der Waals surface area contributed by atoms with Crippen LogP contribution in [0.1, 0.15) is 5.56 Å². The first kappa shape index (κ1) is 19.4. The van der Waals surface area contributed by atoms with Crippen LogP contribution in [0.15, 0.2) is 48.5 Å². The van der Waals surface area contributed by atoms with Gasteiger partial charge in [-0.3, -0.25) is 14.9 Å². The highest BCUT2D eigenvalue weighted by atomic mass is 35.5. The number of carbonyl (C=O) groups excluding carboxylic acids is 2. The van der Waals surface area contributed by atoms with Gasteiger partial charge in [0.15, 0.2) is 6.61 Å². The molecule has 0 saturated heterocycles. The van der Waals surface area contributed by atoms with Crippen LogP contribution in [0.3, 0.4) is 0 Å². The molecule has 0 bridgehead atoms. The number of nitro benzene ring substituents is 1. The second kappa shape index (κ2) is 8.98. The normalized spacial score (nSPS) is 10.5. The summed E-state index contributed by atoms with van der Waals surface area (Å²) in [5.41, 5.74) is 0.457. The van der Waals surface area contributed by atoms with Crippen LogP contribution in [0.5, 0.6) is 0 Å². The molecule has 2 aromatic rings. The Morgan fingerprint density at radius 1 is 1.15 bits per heavy atom. The number of rotatable bonds is 6. The van der Waals surface area contributed by atoms with E-state index in [1.165, 1.54) is 42.5 Å². The van der Waals surface area contributed by atoms with Crippen LogP contribution < -0.4 is 5.32 Å². The number of nitrogens with zero attached hydrogens (tertiary/aromatic N) is 1. The Hall–Kier alpha value is -2.90. The quantitative estimate of drug-likeness (QED) is 0.344. The number of nitro groups is 1. The molecule has 7 nitrogen and oxygen atoms in total. The summed E-state index contributed by atoms with van der Waals surface area (Å²) in [6, 6.07) is 10.4. The van der Waals surface area contributed by atoms with Gasteiger partial charge in [-0.05, 0) is 30.3 Å². The molecule has 1 N–H and O–H groups in total. The zero-order valence-electron chi connectivity index (χ0n) is 13.1. The summed E-state index contributed by atoms with van der Waals surface area (Å²) in [6.07, 6.45) is 2.25. The van der Waals surface area contributed by atoms with Crippen molar-refractivity contribution in [1.82, 2.24) is 0 Å². The minimum atomic E-state index is -0.817. The molecule has 0 atom stereocenters. The molecule has 26 heavy (non-hydrogen) atoms. The van der Waals surface area contributed by atoms with E-state index in [9.17, 15) is 19.7 Å². The molecule has 2 aromatic carbocycles. The van der Waals surface area contributed by atoms with Crippen molar-refractivity contribution in [3.63, 3.8) is 0 Å². The SMILES string of the molecule is O=C(COC(=O)C=Cc1ccccc1[N+](=O)[O-])Nc1cc(Cl)cc(Cl)c1. The summed E-state index contributed by atoms with van der Waals surface area (Å²) in [6.45, 7) is -0.538. The topological polar surface area (TPSA) is 98.5 Å². The van der Waals surface area contributed by atoms with Crippen LogP contribution in [0, 0.1) is 10.1 Å². The highest BCUT2D eigenvalue weighted by Crippen LogP contribution is 2.22. The van der Waals surface area contributed by atoms with Crippen LogP contribution in [0.4, 0.5) is 11.4 Å². The van der Waals surface area contributed by atoms with Crippen molar-refractivity contribution in [2.24, 2.45) is 0 Å². The molecule has 134 valence electrons. The van der Waals surface area contributed by atoms with Crippen molar-refractivity contribution in [3.8, 4) is 0 Å². The average molecular weight is 395 g/mol. The molecule has 0 aliphatic rings. The molecule has 0 fully saturated rings. The Kier molecular flexibility index (Phi) is 6.71. The Balaban J connectivity index is 1.90. The van der Waals surface area contributed by atoms with E-state index in [0.717, 1.165) is 6.08 Å². The number of anilines is 1. The fourth-order valence-corrected chi connectivity index (χ4v) is 2.49. The number of amides is 1. The fraction of sp³-hybridized carbons (Fsp3) is 0.0588. The lowest BCUT2D eigenvalue weighted by Crippen LogP contribution is -2.20. The second-order valence-corrected chi connectivity index (χ2v) is 5.84. The van der Waals surface area contributed by atoms with E-state index in [-0.39, 0.29) is 11.3 Å². The van der Waals surface area contributed by atoms with E-state index < -0.39 is 23.4 Å². The van der Waals surface area contributed by atoms with Crippen molar-refractivity contribution in [2.75, 3.05) is 11.9 Å². The zero-order valence-corrected chi connectivity index (χ0v) is 14.7. The third-order valence-electron chi connectivity index (χ3n) is 3.02. The fourth-order valence-electron chi connectivity index (χ4n) is 1.96. The predicted molar refractivity (Wildman–Crippen MR) is 98.2 cm³/mol. The van der Waals surface area contributed by atoms with Crippen molar-refractivity contribution >= 4 is 52.5 Å². The zero-order chi connectivity index (χ0) is 19.1. The molecule has 0 aliphatic carbocycles. The summed E-state index contributed by atoms with van der Waals surface area (Å²) in [5.74, 6) is -1.40. The maximum absolute atomic E-state index is 11.8. The first-order valence-electron chi connectivity index (χ1n) is 7.19. The van der Waals surface area contributed by atoms with E-state index in [2.05, 4.69) is 5.32 Å². The standard InChI is InChI=1S/C17H12Cl2N2O5/c18-12-7-13(19)9-14(8-12)20-16(22)10-26-17(23)6-5-11-3-1-2-4-15(11)21(24)25/h1-9H,10H2,(H,20,22). The predicted octanol–water partition coefficient (Wildman–Crippen LogP) is 4.10. The lowest BCUT2D eigenvalue weighted by molar-refractivity contribution is -0.385. The number of carbonyl (C=O) groups is 2. The van der Waals surface area contributed by atoms with Crippen LogP contribution in [0.2, 0.25) is 10.0 Å². The second-order valence-electron chi connectivity index (χ2n) is 4.96. The number of hydrogen-bond donors (Lipinski definition) is 1. The van der Waals surface area contributed by atoms with Gasteiger partial charge in [0.25, 0.3) is 11.6 Å². The minimum Gasteiger partial charge on any atom is -0.452 e. The number of ether oxygens (including phenoxy) is 1. The third-order valence-corrected chi connectivity index (χ3v) is 3.46. The molecule has 0 aliphatic heterocycles. The number of para-hydroxylation sites is 1. The number of benzene rings is 2. The van der Waals surface area contributed by atoms with Gasteiger partial charge in [-0.15, -0.1) is 0 Å². The van der Waals surface area contributed by atoms with Gasteiger partial charge < -0.3 is 10.1 Å². The smallest absolute Gasteiger partial charge is 0.331 e. The van der Waals surface area contributed by atoms with Crippen LogP contribution in [0.25, 0.3) is 6.08 Å². The van der Waals surface area contributed by atoms with Crippen molar-refractivity contribution < 1.29 is 19.2 Å². The number of hydrogen-bond acceptors (Lipinski definition) is 5. The van der Waals surface area contributed by atoms with E-state index in [1.54, 1.807) is 6.07 Å². The number of halogens is 2. The summed E-state index contributed by atoms with van der Waals surface area (Å²) in [5, 5.41) is 14.1. The summed E-state index contributed by atoms with van der Waals surface area (Å²) in [4.78, 5) is 33.8. The van der Waals surface area contributed by atoms with E-state index in [0.29, 0.717) is 15.7 Å². The van der Waals surface area contributed by atoms with Crippen molar-refractivity contribution in [1.29, 1.82) is 0 Å². The first-order chi connectivity index (χ1) is 12.3. The summed E-state index contributed by atoms with van der Waals surface area (Å²) < 4.78 is 4.78. The highest BCUT2D eigenvalue weighted by molar-refractivity contribution is 6.35. The molecule has 0 saturated carbocycles. The van der Waals surface area contributed by atoms with Gasteiger partial charge in [-0.25, -0.2) is 4.79 Å². The highest BCUT2D eigenvalue weighted by Gasteiger charge is 2.11. The lowest BCUT2D eigenvalue weighted by atomic mass is 10.1. The van der Waals surface area contributed by atoms with Gasteiger partial charge >= 0.3 is 5.97 Å². The van der Waals surface area contributed by atoms with Crippen LogP contribution >= 0.6 is 23.2 Å². The Labute approximate surface area is 158 Å². The lowest BCUT2D eigenvalue weighted by Gasteiger charge is -2.06. The first-order valence-corrected chi connectivity index (χ1v) is 7.95. The van der Waals surface area contributed by atoms with Crippen LogP contribution in [-0.2, 0) is 14.3 Å². The van der Waals surface area contributed by atoms with E-state index >= 15 is 0 Å². The monoisotopic (exact) mass is 394 g/mol. The van der Waals surface area contributed by atoms with E-state index in [4.69, 9.17) is 27.9 Å². The van der Waals surface area contributed by atoms with Gasteiger partial charge in [0, 0.05) is 27.9 Å². The average Bonchev–Trinajstić information content (AvgIpc) is 2.57. The molecule has 0 unspecified atom stereocenters. The molecule has 1 amide bonds. The molecule has 0 heterocycles. The van der Waals surface area contributed by atoms with Gasteiger partial charge in [0.1, 0.15) is 0 Å². The Morgan fingerprint density at radius 2 is 1.81 bits per heavy atom. The third kappa shape index (κ3) is 5.87. The Morgan fingerprint density at radius 3 is 2.46 bits per heavy atom. The van der Waals surface area contributed by atoms with Gasteiger partial charge in [0.05, 0.1) is 10.5 Å². The largest absolute Gasteiger partial charge is 0.452 e. The minimum absolute atomic E-state index is 0.146. The molecule has 0 radical (unpaired) electrons. The maximum atomic E-state index is 11.8. The molecule has 0 aromatic heterocycles. The molecular formula is C17H12Cl2N2O5. The Bertz CT molecular complexity index is 863. The molecule has 9 heteroatoms.